The van der Waals surface area contributed by atoms with Crippen molar-refractivity contribution in [2.24, 2.45) is 7.05 Å². The Morgan fingerprint density at radius 1 is 1.37 bits per heavy atom. The van der Waals surface area contributed by atoms with Gasteiger partial charge in [0.25, 0.3) is 5.69 Å². The molecule has 0 N–H and O–H groups in total. The molecule has 0 aliphatic heterocycles. The van der Waals surface area contributed by atoms with E-state index in [2.05, 4.69) is 10.2 Å². The van der Waals surface area contributed by atoms with E-state index >= 15 is 0 Å². The first-order chi connectivity index (χ1) is 9.15. The standard InChI is InChI=1S/C12H11N5O2/c1-15-8-13-14-12(15)7-16-5-4-9-2-3-10(17(18)19)6-11(9)16/h2-6,8H,7H2,1H3. The molecule has 7 heteroatoms. The molecule has 96 valence electrons. The molecule has 2 aromatic heterocycles. The van der Waals surface area contributed by atoms with Gasteiger partial charge in [0, 0.05) is 30.8 Å². The molecule has 0 spiro atoms. The summed E-state index contributed by atoms with van der Waals surface area (Å²) in [5, 5.41) is 19.6. The molecule has 7 nitrogen and oxygen atoms in total. The van der Waals surface area contributed by atoms with Crippen LogP contribution < -0.4 is 0 Å². The number of hydrogen-bond acceptors (Lipinski definition) is 4. The van der Waals surface area contributed by atoms with Crippen LogP contribution in [0.2, 0.25) is 0 Å². The van der Waals surface area contributed by atoms with Crippen molar-refractivity contribution in [1.29, 1.82) is 0 Å². The number of aromatic nitrogens is 4. The molecule has 0 radical (unpaired) electrons. The molecule has 0 bridgehead atoms. The van der Waals surface area contributed by atoms with Gasteiger partial charge in [-0.2, -0.15) is 0 Å². The van der Waals surface area contributed by atoms with Gasteiger partial charge >= 0.3 is 0 Å². The van der Waals surface area contributed by atoms with Crippen molar-refractivity contribution < 1.29 is 4.92 Å². The van der Waals surface area contributed by atoms with Crippen LogP contribution in [-0.2, 0) is 13.6 Å². The third-order valence-corrected chi connectivity index (χ3v) is 3.09. The lowest BCUT2D eigenvalue weighted by molar-refractivity contribution is -0.384. The minimum atomic E-state index is -0.390. The van der Waals surface area contributed by atoms with Gasteiger partial charge in [-0.05, 0) is 12.1 Å². The highest BCUT2D eigenvalue weighted by atomic mass is 16.6. The van der Waals surface area contributed by atoms with E-state index < -0.39 is 0 Å². The van der Waals surface area contributed by atoms with E-state index in [-0.39, 0.29) is 10.6 Å². The Balaban J connectivity index is 2.06. The SMILES string of the molecule is Cn1cnnc1Cn1ccc2ccc([N+](=O)[O-])cc21. The first-order valence-electron chi connectivity index (χ1n) is 5.71. The molecule has 1 aromatic carbocycles. The van der Waals surface area contributed by atoms with Crippen LogP contribution in [-0.4, -0.2) is 24.3 Å². The topological polar surface area (TPSA) is 78.8 Å². The van der Waals surface area contributed by atoms with E-state index in [1.807, 2.05) is 28.4 Å². The number of hydrogen-bond donors (Lipinski definition) is 0. The molecule has 0 aliphatic carbocycles. The third-order valence-electron chi connectivity index (χ3n) is 3.09. The number of nitro benzene ring substituents is 1. The Labute approximate surface area is 108 Å². The lowest BCUT2D eigenvalue weighted by Gasteiger charge is -2.04. The molecule has 0 atom stereocenters. The minimum Gasteiger partial charge on any atom is -0.340 e. The Morgan fingerprint density at radius 2 is 2.21 bits per heavy atom. The van der Waals surface area contributed by atoms with E-state index in [9.17, 15) is 10.1 Å². The van der Waals surface area contributed by atoms with Crippen molar-refractivity contribution in [3.05, 3.63) is 52.7 Å². The number of benzene rings is 1. The summed E-state index contributed by atoms with van der Waals surface area (Å²) >= 11 is 0. The predicted molar refractivity (Wildman–Crippen MR) is 68.7 cm³/mol. The Hall–Kier alpha value is -2.70. The van der Waals surface area contributed by atoms with E-state index in [1.165, 1.54) is 6.07 Å². The average Bonchev–Trinajstić information content (AvgIpc) is 2.97. The van der Waals surface area contributed by atoms with Crippen molar-refractivity contribution in [3.63, 3.8) is 0 Å². The largest absolute Gasteiger partial charge is 0.340 e. The lowest BCUT2D eigenvalue weighted by atomic mass is 10.2. The number of rotatable bonds is 3. The summed E-state index contributed by atoms with van der Waals surface area (Å²) in [6.45, 7) is 0.529. The number of fused-ring (bicyclic) bond motifs is 1. The van der Waals surface area contributed by atoms with Crippen LogP contribution in [0.4, 0.5) is 5.69 Å². The highest BCUT2D eigenvalue weighted by molar-refractivity contribution is 5.82. The molecule has 0 saturated heterocycles. The fourth-order valence-corrected chi connectivity index (χ4v) is 2.03. The molecule has 2 heterocycles. The summed E-state index contributed by atoms with van der Waals surface area (Å²) in [5.74, 6) is 0.795. The van der Waals surface area contributed by atoms with Crippen molar-refractivity contribution >= 4 is 16.6 Å². The van der Waals surface area contributed by atoms with Crippen LogP contribution in [0.5, 0.6) is 0 Å². The molecule has 3 rings (SSSR count). The van der Waals surface area contributed by atoms with Crippen LogP contribution in [0, 0.1) is 10.1 Å². The van der Waals surface area contributed by atoms with Gasteiger partial charge in [0.05, 0.1) is 17.0 Å². The number of aryl methyl sites for hydroxylation is 1. The summed E-state index contributed by atoms with van der Waals surface area (Å²) in [6.07, 6.45) is 3.52. The average molecular weight is 257 g/mol. The zero-order valence-electron chi connectivity index (χ0n) is 10.2. The summed E-state index contributed by atoms with van der Waals surface area (Å²) in [5.41, 5.74) is 0.905. The third kappa shape index (κ3) is 1.95. The zero-order valence-corrected chi connectivity index (χ0v) is 10.2. The highest BCUT2D eigenvalue weighted by Gasteiger charge is 2.10. The molecule has 3 aromatic rings. The smallest absolute Gasteiger partial charge is 0.271 e. The van der Waals surface area contributed by atoms with Crippen molar-refractivity contribution in [1.82, 2.24) is 19.3 Å². The maximum absolute atomic E-state index is 10.8. The first kappa shape index (κ1) is 11.4. The van der Waals surface area contributed by atoms with Gasteiger partial charge in [0.2, 0.25) is 0 Å². The molecular weight excluding hydrogens is 246 g/mol. The number of nitrogens with zero attached hydrogens (tertiary/aromatic N) is 5. The first-order valence-corrected chi connectivity index (χ1v) is 5.71. The van der Waals surface area contributed by atoms with E-state index in [1.54, 1.807) is 18.5 Å². The maximum atomic E-state index is 10.8. The van der Waals surface area contributed by atoms with Gasteiger partial charge in [0.15, 0.2) is 5.82 Å². The van der Waals surface area contributed by atoms with Gasteiger partial charge < -0.3 is 9.13 Å². The summed E-state index contributed by atoms with van der Waals surface area (Å²) in [6, 6.07) is 6.76. The maximum Gasteiger partial charge on any atom is 0.271 e. The second-order valence-corrected chi connectivity index (χ2v) is 4.30. The fourth-order valence-electron chi connectivity index (χ4n) is 2.03. The Bertz CT molecular complexity index is 758. The second kappa shape index (κ2) is 4.20. The van der Waals surface area contributed by atoms with Crippen LogP contribution in [0.15, 0.2) is 36.8 Å². The van der Waals surface area contributed by atoms with Gasteiger partial charge in [-0.3, -0.25) is 10.1 Å². The summed E-state index contributed by atoms with van der Waals surface area (Å²) in [7, 11) is 1.86. The molecule has 0 saturated carbocycles. The second-order valence-electron chi connectivity index (χ2n) is 4.30. The van der Waals surface area contributed by atoms with Crippen molar-refractivity contribution in [2.45, 2.75) is 6.54 Å². The zero-order chi connectivity index (χ0) is 13.4. The van der Waals surface area contributed by atoms with Crippen LogP contribution >= 0.6 is 0 Å². The number of nitro groups is 1. The quantitative estimate of drug-likeness (QED) is 0.528. The Morgan fingerprint density at radius 3 is 2.89 bits per heavy atom. The van der Waals surface area contributed by atoms with Gasteiger partial charge in [0.1, 0.15) is 6.33 Å². The van der Waals surface area contributed by atoms with Crippen LogP contribution in [0.3, 0.4) is 0 Å². The van der Waals surface area contributed by atoms with E-state index in [0.717, 1.165) is 16.7 Å². The molecule has 19 heavy (non-hydrogen) atoms. The van der Waals surface area contributed by atoms with Gasteiger partial charge in [-0.25, -0.2) is 0 Å². The minimum absolute atomic E-state index is 0.0883. The molecular formula is C12H11N5O2. The fraction of sp³-hybridized carbons (Fsp3) is 0.167. The molecule has 0 amide bonds. The molecule has 0 unspecified atom stereocenters. The highest BCUT2D eigenvalue weighted by Crippen LogP contribution is 2.22. The van der Waals surface area contributed by atoms with Gasteiger partial charge in [-0.1, -0.05) is 0 Å². The molecule has 0 aliphatic rings. The van der Waals surface area contributed by atoms with E-state index in [0.29, 0.717) is 6.54 Å². The summed E-state index contributed by atoms with van der Waals surface area (Å²) in [4.78, 5) is 10.4. The number of non-ortho nitro benzene ring substituents is 1. The van der Waals surface area contributed by atoms with Gasteiger partial charge in [-0.15, -0.1) is 10.2 Å². The van der Waals surface area contributed by atoms with E-state index in [4.69, 9.17) is 0 Å². The van der Waals surface area contributed by atoms with Crippen molar-refractivity contribution in [2.75, 3.05) is 0 Å². The van der Waals surface area contributed by atoms with Crippen molar-refractivity contribution in [3.8, 4) is 0 Å². The lowest BCUT2D eigenvalue weighted by Crippen LogP contribution is -2.04. The Kier molecular flexibility index (Phi) is 2.52. The monoisotopic (exact) mass is 257 g/mol. The normalized spacial score (nSPS) is 11.0. The van der Waals surface area contributed by atoms with Crippen LogP contribution in [0.1, 0.15) is 5.82 Å². The summed E-state index contributed by atoms with van der Waals surface area (Å²) < 4.78 is 3.75. The van der Waals surface area contributed by atoms with Crippen LogP contribution in [0.25, 0.3) is 10.9 Å². The predicted octanol–water partition coefficient (Wildman–Crippen LogP) is 1.73. The molecule has 0 fully saturated rings.